The summed E-state index contributed by atoms with van der Waals surface area (Å²) in [4.78, 5) is 41.5. The summed E-state index contributed by atoms with van der Waals surface area (Å²) >= 11 is 0. The van der Waals surface area contributed by atoms with Gasteiger partial charge in [-0.1, -0.05) is 42.5 Å². The van der Waals surface area contributed by atoms with E-state index in [-0.39, 0.29) is 17.9 Å². The summed E-state index contributed by atoms with van der Waals surface area (Å²) in [5, 5.41) is 0. The van der Waals surface area contributed by atoms with Crippen molar-refractivity contribution in [1.82, 2.24) is 24.7 Å². The highest BCUT2D eigenvalue weighted by molar-refractivity contribution is 5.93. The van der Waals surface area contributed by atoms with Crippen LogP contribution in [0.5, 0.6) is 0 Å². The third kappa shape index (κ3) is 6.68. The van der Waals surface area contributed by atoms with Crippen LogP contribution in [0.2, 0.25) is 0 Å². The summed E-state index contributed by atoms with van der Waals surface area (Å²) in [7, 11) is 0. The van der Waals surface area contributed by atoms with Crippen molar-refractivity contribution >= 4 is 22.8 Å². The van der Waals surface area contributed by atoms with E-state index in [4.69, 9.17) is 9.47 Å². The van der Waals surface area contributed by atoms with Gasteiger partial charge in [0.25, 0.3) is 5.91 Å². The number of benzene rings is 2. The van der Waals surface area contributed by atoms with E-state index in [0.29, 0.717) is 50.4 Å². The van der Waals surface area contributed by atoms with Crippen LogP contribution in [0.15, 0.2) is 60.8 Å². The summed E-state index contributed by atoms with van der Waals surface area (Å²) in [6, 6.07) is 17.3. The molecule has 0 radical (unpaired) electrons. The molecular formula is C28H33N5O4. The molecule has 3 heterocycles. The van der Waals surface area contributed by atoms with Crippen molar-refractivity contribution in [1.29, 1.82) is 0 Å². The van der Waals surface area contributed by atoms with Gasteiger partial charge in [0.1, 0.15) is 5.69 Å². The molecule has 0 bridgehead atoms. The number of amides is 2. The van der Waals surface area contributed by atoms with Gasteiger partial charge < -0.3 is 19.3 Å². The smallest absolute Gasteiger partial charge is 0.274 e. The number of carbonyl (C=O) groups is 2. The number of fused-ring (bicyclic) bond motifs is 1. The van der Waals surface area contributed by atoms with Gasteiger partial charge in [-0.15, -0.1) is 0 Å². The lowest BCUT2D eigenvalue weighted by molar-refractivity contribution is -0.134. The molecule has 0 aliphatic carbocycles. The Bertz CT molecular complexity index is 1200. The molecule has 2 aliphatic heterocycles. The van der Waals surface area contributed by atoms with E-state index in [2.05, 4.69) is 14.9 Å². The maximum absolute atomic E-state index is 13.3. The van der Waals surface area contributed by atoms with E-state index in [1.165, 1.54) is 6.20 Å². The topological polar surface area (TPSA) is 88.1 Å². The monoisotopic (exact) mass is 503 g/mol. The van der Waals surface area contributed by atoms with Crippen molar-refractivity contribution in [3.63, 3.8) is 0 Å². The fraction of sp³-hybridized carbons (Fsp3) is 0.429. The van der Waals surface area contributed by atoms with E-state index in [1.54, 1.807) is 4.90 Å². The average molecular weight is 504 g/mol. The molecule has 2 aliphatic rings. The first-order valence-corrected chi connectivity index (χ1v) is 12.9. The van der Waals surface area contributed by atoms with Crippen molar-refractivity contribution in [2.24, 2.45) is 0 Å². The third-order valence-corrected chi connectivity index (χ3v) is 6.86. The highest BCUT2D eigenvalue weighted by atomic mass is 16.5. The van der Waals surface area contributed by atoms with Gasteiger partial charge in [0.05, 0.1) is 49.6 Å². The molecule has 1 aromatic heterocycles. The summed E-state index contributed by atoms with van der Waals surface area (Å²) in [6.07, 6.45) is 1.61. The Morgan fingerprint density at radius 3 is 2.51 bits per heavy atom. The van der Waals surface area contributed by atoms with Crippen LogP contribution < -0.4 is 0 Å². The van der Waals surface area contributed by atoms with Gasteiger partial charge in [-0.25, -0.2) is 4.98 Å². The molecule has 2 amide bonds. The molecule has 9 nitrogen and oxygen atoms in total. The fourth-order valence-corrected chi connectivity index (χ4v) is 4.77. The second kappa shape index (κ2) is 12.2. The van der Waals surface area contributed by atoms with Crippen molar-refractivity contribution in [2.75, 3.05) is 65.6 Å². The molecule has 2 fully saturated rings. The number of aromatic nitrogens is 2. The summed E-state index contributed by atoms with van der Waals surface area (Å²) in [5.74, 6) is -0.103. The maximum atomic E-state index is 13.3. The molecule has 1 unspecified atom stereocenters. The van der Waals surface area contributed by atoms with E-state index >= 15 is 0 Å². The van der Waals surface area contributed by atoms with Crippen LogP contribution in [-0.4, -0.2) is 108 Å². The number of para-hydroxylation sites is 2. The molecule has 37 heavy (non-hydrogen) atoms. The number of carbonyl (C=O) groups excluding carboxylic acids is 2. The number of hydrogen-bond donors (Lipinski definition) is 0. The molecule has 0 N–H and O–H groups in total. The van der Waals surface area contributed by atoms with Crippen molar-refractivity contribution in [3.8, 4) is 0 Å². The Balaban J connectivity index is 1.24. The predicted octanol–water partition coefficient (Wildman–Crippen LogP) is 1.87. The van der Waals surface area contributed by atoms with Crippen LogP contribution in [0.4, 0.5) is 0 Å². The molecule has 2 aromatic carbocycles. The number of morpholine rings is 2. The van der Waals surface area contributed by atoms with Crippen LogP contribution in [0, 0.1) is 0 Å². The zero-order valence-electron chi connectivity index (χ0n) is 21.0. The molecule has 194 valence electrons. The number of nitrogens with zero attached hydrogens (tertiary/aromatic N) is 5. The first-order chi connectivity index (χ1) is 18.2. The van der Waals surface area contributed by atoms with Crippen molar-refractivity contribution in [3.05, 3.63) is 72.1 Å². The lowest BCUT2D eigenvalue weighted by atomic mass is 10.1. The van der Waals surface area contributed by atoms with Crippen LogP contribution >= 0.6 is 0 Å². The minimum atomic E-state index is -0.268. The van der Waals surface area contributed by atoms with Crippen molar-refractivity contribution in [2.45, 2.75) is 12.5 Å². The van der Waals surface area contributed by atoms with Gasteiger partial charge >= 0.3 is 0 Å². The number of hydrogen-bond acceptors (Lipinski definition) is 7. The van der Waals surface area contributed by atoms with Crippen molar-refractivity contribution < 1.29 is 19.1 Å². The maximum Gasteiger partial charge on any atom is 0.274 e. The molecule has 9 heteroatoms. The van der Waals surface area contributed by atoms with E-state index < -0.39 is 0 Å². The predicted molar refractivity (Wildman–Crippen MR) is 139 cm³/mol. The highest BCUT2D eigenvalue weighted by Gasteiger charge is 2.29. The van der Waals surface area contributed by atoms with Gasteiger partial charge in [0.15, 0.2) is 0 Å². The Hall–Kier alpha value is -3.40. The van der Waals surface area contributed by atoms with Crippen LogP contribution in [0.1, 0.15) is 16.1 Å². The molecule has 5 rings (SSSR count). The first-order valence-electron chi connectivity index (χ1n) is 12.9. The lowest BCUT2D eigenvalue weighted by Crippen LogP contribution is -2.52. The summed E-state index contributed by atoms with van der Waals surface area (Å²) in [6.45, 7) is 6.31. The second-order valence-corrected chi connectivity index (χ2v) is 9.44. The van der Waals surface area contributed by atoms with E-state index in [0.717, 1.165) is 43.9 Å². The van der Waals surface area contributed by atoms with Gasteiger partial charge in [-0.3, -0.25) is 19.5 Å². The normalized spacial score (nSPS) is 18.6. The fourth-order valence-electron chi connectivity index (χ4n) is 4.77. The largest absolute Gasteiger partial charge is 0.379 e. The van der Waals surface area contributed by atoms with Gasteiger partial charge in [-0.2, -0.15) is 0 Å². The van der Waals surface area contributed by atoms with Gasteiger partial charge in [0.2, 0.25) is 5.91 Å². The second-order valence-electron chi connectivity index (χ2n) is 9.44. The lowest BCUT2D eigenvalue weighted by Gasteiger charge is -2.36. The quantitative estimate of drug-likeness (QED) is 0.464. The zero-order valence-corrected chi connectivity index (χ0v) is 21.0. The third-order valence-electron chi connectivity index (χ3n) is 6.86. The highest BCUT2D eigenvalue weighted by Crippen LogP contribution is 2.14. The standard InChI is InChI=1S/C28H33N5O4/c34-27(18-22-6-2-1-3-7-22)32(11-10-31-12-15-36-16-13-31)20-23-21-33(14-17-37-23)28(35)26-19-29-24-8-4-5-9-25(24)30-26/h1-9,19,23H,10-18,20-21H2. The minimum absolute atomic E-state index is 0.0619. The first kappa shape index (κ1) is 25.3. The Labute approximate surface area is 217 Å². The SMILES string of the molecule is O=C(Cc1ccccc1)N(CCN1CCOCC1)CC1CN(C(=O)c2cnc3ccccc3n2)CCO1. The Kier molecular flexibility index (Phi) is 8.35. The summed E-state index contributed by atoms with van der Waals surface area (Å²) < 4.78 is 11.5. The van der Waals surface area contributed by atoms with Crippen LogP contribution in [0.3, 0.4) is 0 Å². The minimum Gasteiger partial charge on any atom is -0.379 e. The van der Waals surface area contributed by atoms with Crippen LogP contribution in [0.25, 0.3) is 11.0 Å². The average Bonchev–Trinajstić information content (AvgIpc) is 2.95. The van der Waals surface area contributed by atoms with E-state index in [1.807, 2.05) is 59.5 Å². The molecule has 2 saturated heterocycles. The molecule has 1 atom stereocenters. The Morgan fingerprint density at radius 1 is 0.946 bits per heavy atom. The molecular weight excluding hydrogens is 470 g/mol. The van der Waals surface area contributed by atoms with Crippen LogP contribution in [-0.2, 0) is 20.7 Å². The molecule has 0 saturated carbocycles. The molecule has 0 spiro atoms. The summed E-state index contributed by atoms with van der Waals surface area (Å²) in [5.41, 5.74) is 2.76. The van der Waals surface area contributed by atoms with Gasteiger partial charge in [0, 0.05) is 45.8 Å². The molecule has 3 aromatic rings. The Morgan fingerprint density at radius 2 is 1.70 bits per heavy atom. The zero-order chi connectivity index (χ0) is 25.5. The number of ether oxygens (including phenoxy) is 2. The van der Waals surface area contributed by atoms with E-state index in [9.17, 15) is 9.59 Å². The van der Waals surface area contributed by atoms with Gasteiger partial charge in [-0.05, 0) is 17.7 Å². The number of rotatable bonds is 8.